The molecule has 0 heterocycles. The number of unbranched alkanes of at least 4 members (excludes halogenated alkanes) is 2. The zero-order valence-electron chi connectivity index (χ0n) is 16.2. The first kappa shape index (κ1) is 24.8. The van der Waals surface area contributed by atoms with Crippen LogP contribution in [0.5, 0.6) is 0 Å². The summed E-state index contributed by atoms with van der Waals surface area (Å²) < 4.78 is 30.8. The summed E-state index contributed by atoms with van der Waals surface area (Å²) >= 11 is 0. The molecule has 0 saturated carbocycles. The van der Waals surface area contributed by atoms with E-state index in [9.17, 15) is 9.59 Å². The van der Waals surface area contributed by atoms with Gasteiger partial charge in [-0.25, -0.2) is 9.59 Å². The fourth-order valence-electron chi connectivity index (χ4n) is 1.61. The molecular formula is C18H34O8. The number of hydrogen-bond donors (Lipinski definition) is 0. The van der Waals surface area contributed by atoms with Gasteiger partial charge in [0, 0.05) is 0 Å². The van der Waals surface area contributed by atoms with Crippen molar-refractivity contribution < 1.29 is 38.0 Å². The minimum absolute atomic E-state index is 0.0538. The molecule has 0 spiro atoms. The van der Waals surface area contributed by atoms with Gasteiger partial charge < -0.3 is 28.4 Å². The van der Waals surface area contributed by atoms with E-state index in [1.807, 2.05) is 13.8 Å². The predicted octanol–water partition coefficient (Wildman–Crippen LogP) is 1.74. The Hall–Kier alpha value is -1.22. The summed E-state index contributed by atoms with van der Waals surface area (Å²) in [6, 6.07) is 0. The Balaban J connectivity index is 3.17. The fraction of sp³-hybridized carbons (Fsp3) is 0.889. The van der Waals surface area contributed by atoms with Crippen LogP contribution in [-0.2, 0) is 38.0 Å². The van der Waals surface area contributed by atoms with Crippen molar-refractivity contribution in [3.63, 3.8) is 0 Å². The molecule has 0 bridgehead atoms. The molecular weight excluding hydrogens is 344 g/mol. The van der Waals surface area contributed by atoms with Crippen LogP contribution in [0, 0.1) is 0 Å². The fourth-order valence-corrected chi connectivity index (χ4v) is 1.61. The van der Waals surface area contributed by atoms with E-state index in [0.29, 0.717) is 52.9 Å². The average molecular weight is 378 g/mol. The summed E-state index contributed by atoms with van der Waals surface area (Å²) in [6.07, 6.45) is 3.70. The highest BCUT2D eigenvalue weighted by Gasteiger charge is 2.03. The molecule has 0 saturated heterocycles. The number of rotatable bonds is 19. The van der Waals surface area contributed by atoms with E-state index in [4.69, 9.17) is 28.4 Å². The van der Waals surface area contributed by atoms with E-state index in [2.05, 4.69) is 0 Å². The molecule has 0 fully saturated rings. The highest BCUT2D eigenvalue weighted by atomic mass is 16.6. The largest absolute Gasteiger partial charge is 0.464 e. The van der Waals surface area contributed by atoms with Crippen LogP contribution >= 0.6 is 0 Å². The van der Waals surface area contributed by atoms with Crippen LogP contribution in [-0.4, -0.2) is 78.0 Å². The van der Waals surface area contributed by atoms with Gasteiger partial charge in [0.05, 0.1) is 52.9 Å². The van der Waals surface area contributed by atoms with Gasteiger partial charge in [0.2, 0.25) is 0 Å². The third-order valence-corrected chi connectivity index (χ3v) is 3.08. The molecule has 0 rings (SSSR count). The molecule has 0 aliphatic rings. The Bertz CT molecular complexity index is 303. The second kappa shape index (κ2) is 20.1. The van der Waals surface area contributed by atoms with Crippen LogP contribution in [0.2, 0.25) is 0 Å². The summed E-state index contributed by atoms with van der Waals surface area (Å²) in [4.78, 5) is 22.5. The van der Waals surface area contributed by atoms with Crippen LogP contribution in [0.3, 0.4) is 0 Å². The Morgan fingerprint density at radius 1 is 0.538 bits per heavy atom. The summed E-state index contributed by atoms with van der Waals surface area (Å²) in [7, 11) is 0. The van der Waals surface area contributed by atoms with Gasteiger partial charge in [-0.15, -0.1) is 0 Å². The van der Waals surface area contributed by atoms with E-state index in [-0.39, 0.29) is 25.2 Å². The van der Waals surface area contributed by atoms with Crippen molar-refractivity contribution in [3.05, 3.63) is 0 Å². The maximum Gasteiger partial charge on any atom is 0.332 e. The van der Waals surface area contributed by atoms with Gasteiger partial charge in [0.15, 0.2) is 0 Å². The van der Waals surface area contributed by atoms with Gasteiger partial charge in [-0.1, -0.05) is 26.7 Å². The highest BCUT2D eigenvalue weighted by molar-refractivity contribution is 5.70. The Morgan fingerprint density at radius 3 is 1.23 bits per heavy atom. The normalized spacial score (nSPS) is 10.7. The zero-order chi connectivity index (χ0) is 19.3. The maximum atomic E-state index is 11.2. The Morgan fingerprint density at radius 2 is 0.885 bits per heavy atom. The second-order valence-electron chi connectivity index (χ2n) is 5.48. The van der Waals surface area contributed by atoms with E-state index < -0.39 is 0 Å². The number of carbonyl (C=O) groups is 2. The molecule has 0 N–H and O–H groups in total. The van der Waals surface area contributed by atoms with E-state index in [1.165, 1.54) is 0 Å². The minimum Gasteiger partial charge on any atom is -0.464 e. The molecule has 154 valence electrons. The summed E-state index contributed by atoms with van der Waals surface area (Å²) in [5.74, 6) is -0.702. The molecule has 0 aliphatic carbocycles. The van der Waals surface area contributed by atoms with Crippen molar-refractivity contribution in [3.8, 4) is 0 Å². The average Bonchev–Trinajstić information content (AvgIpc) is 2.63. The Kier molecular flexibility index (Phi) is 19.2. The van der Waals surface area contributed by atoms with Crippen molar-refractivity contribution in [2.45, 2.75) is 39.5 Å². The smallest absolute Gasteiger partial charge is 0.332 e. The Labute approximate surface area is 156 Å². The summed E-state index contributed by atoms with van der Waals surface area (Å²) in [6.45, 7) is 7.09. The lowest BCUT2D eigenvalue weighted by molar-refractivity contribution is -0.150. The van der Waals surface area contributed by atoms with Crippen molar-refractivity contribution in [1.29, 1.82) is 0 Å². The predicted molar refractivity (Wildman–Crippen MR) is 95.0 cm³/mol. The van der Waals surface area contributed by atoms with E-state index in [1.54, 1.807) is 0 Å². The molecule has 8 heteroatoms. The molecule has 0 atom stereocenters. The number of hydrogen-bond acceptors (Lipinski definition) is 8. The third kappa shape index (κ3) is 19.1. The van der Waals surface area contributed by atoms with Gasteiger partial charge in [-0.2, -0.15) is 0 Å². The van der Waals surface area contributed by atoms with Crippen molar-refractivity contribution >= 4 is 11.9 Å². The lowest BCUT2D eigenvalue weighted by Crippen LogP contribution is -2.17. The third-order valence-electron chi connectivity index (χ3n) is 3.08. The van der Waals surface area contributed by atoms with Gasteiger partial charge in [0.25, 0.3) is 0 Å². The molecule has 0 aromatic rings. The zero-order valence-corrected chi connectivity index (χ0v) is 16.2. The first-order valence-electron chi connectivity index (χ1n) is 9.32. The van der Waals surface area contributed by atoms with Crippen LogP contribution in [0.1, 0.15) is 39.5 Å². The van der Waals surface area contributed by atoms with Crippen molar-refractivity contribution in [2.24, 2.45) is 0 Å². The molecule has 0 unspecified atom stereocenters. The second-order valence-corrected chi connectivity index (χ2v) is 5.48. The standard InChI is InChI=1S/C18H34O8/c1-3-5-7-25-17(19)15-23-13-11-21-9-10-22-12-14-24-16-18(20)26-8-6-4-2/h3-16H2,1-2H3. The maximum absolute atomic E-state index is 11.2. The molecule has 0 aliphatic heterocycles. The van der Waals surface area contributed by atoms with Crippen molar-refractivity contribution in [1.82, 2.24) is 0 Å². The van der Waals surface area contributed by atoms with Crippen LogP contribution in [0.15, 0.2) is 0 Å². The molecule has 0 aromatic carbocycles. The SMILES string of the molecule is CCCCOC(=O)COCCOCCOCCOCC(=O)OCCCC. The van der Waals surface area contributed by atoms with Crippen LogP contribution < -0.4 is 0 Å². The molecule has 0 aromatic heterocycles. The highest BCUT2D eigenvalue weighted by Crippen LogP contribution is 1.91. The van der Waals surface area contributed by atoms with Gasteiger partial charge in [-0.3, -0.25) is 0 Å². The van der Waals surface area contributed by atoms with Crippen LogP contribution in [0.25, 0.3) is 0 Å². The first-order valence-corrected chi connectivity index (χ1v) is 9.32. The minimum atomic E-state index is -0.351. The van der Waals surface area contributed by atoms with Gasteiger partial charge in [-0.05, 0) is 12.8 Å². The van der Waals surface area contributed by atoms with Crippen molar-refractivity contribution in [2.75, 3.05) is 66.1 Å². The topological polar surface area (TPSA) is 89.5 Å². The summed E-state index contributed by atoms with van der Waals surface area (Å²) in [5, 5.41) is 0. The molecule has 0 amide bonds. The number of ether oxygens (including phenoxy) is 6. The molecule has 0 radical (unpaired) electrons. The lowest BCUT2D eigenvalue weighted by Gasteiger charge is -2.08. The molecule has 26 heavy (non-hydrogen) atoms. The number of esters is 2. The summed E-state index contributed by atoms with van der Waals surface area (Å²) in [5.41, 5.74) is 0. The lowest BCUT2D eigenvalue weighted by atomic mass is 10.4. The first-order chi connectivity index (χ1) is 12.7. The van der Waals surface area contributed by atoms with Gasteiger partial charge >= 0.3 is 11.9 Å². The number of carbonyl (C=O) groups excluding carboxylic acids is 2. The van der Waals surface area contributed by atoms with E-state index in [0.717, 1.165) is 25.7 Å². The van der Waals surface area contributed by atoms with Gasteiger partial charge in [0.1, 0.15) is 13.2 Å². The van der Waals surface area contributed by atoms with Crippen LogP contribution in [0.4, 0.5) is 0 Å². The quantitative estimate of drug-likeness (QED) is 0.248. The molecule has 8 nitrogen and oxygen atoms in total. The monoisotopic (exact) mass is 378 g/mol. The van der Waals surface area contributed by atoms with E-state index >= 15 is 0 Å².